The summed E-state index contributed by atoms with van der Waals surface area (Å²) < 4.78 is 0. The Kier molecular flexibility index (Phi) is 2.49. The standard InChI is InChI=1S/C12H15NO2/c1-13-8-7-12(9-13,11(14)15)10-5-3-2-4-6-10/h2-6H,7-9H2,1H3,(H,14,15). The van der Waals surface area contributed by atoms with Crippen LogP contribution in [-0.4, -0.2) is 36.1 Å². The Morgan fingerprint density at radius 3 is 2.53 bits per heavy atom. The van der Waals surface area contributed by atoms with Gasteiger partial charge < -0.3 is 10.0 Å². The maximum Gasteiger partial charge on any atom is 0.315 e. The second-order valence-electron chi connectivity index (χ2n) is 4.24. The summed E-state index contributed by atoms with van der Waals surface area (Å²) in [4.78, 5) is 13.5. The number of carbonyl (C=O) groups is 1. The summed E-state index contributed by atoms with van der Waals surface area (Å²) in [7, 11) is 1.97. The van der Waals surface area contributed by atoms with Crippen molar-refractivity contribution in [1.82, 2.24) is 4.90 Å². The van der Waals surface area contributed by atoms with E-state index >= 15 is 0 Å². The summed E-state index contributed by atoms with van der Waals surface area (Å²) in [6, 6.07) is 9.54. The molecule has 0 bridgehead atoms. The molecule has 80 valence electrons. The van der Waals surface area contributed by atoms with Crippen molar-refractivity contribution in [3.05, 3.63) is 35.9 Å². The van der Waals surface area contributed by atoms with Crippen LogP contribution in [-0.2, 0) is 10.2 Å². The first-order valence-electron chi connectivity index (χ1n) is 5.13. The molecule has 1 aliphatic rings. The van der Waals surface area contributed by atoms with E-state index in [1.54, 1.807) is 0 Å². The topological polar surface area (TPSA) is 40.5 Å². The second kappa shape index (κ2) is 3.66. The van der Waals surface area contributed by atoms with E-state index in [4.69, 9.17) is 0 Å². The number of aliphatic carboxylic acids is 1. The molecule has 0 aliphatic carbocycles. The van der Waals surface area contributed by atoms with Crippen molar-refractivity contribution in [2.45, 2.75) is 11.8 Å². The molecule has 1 aliphatic heterocycles. The molecule has 1 fully saturated rings. The van der Waals surface area contributed by atoms with Crippen molar-refractivity contribution in [2.75, 3.05) is 20.1 Å². The lowest BCUT2D eigenvalue weighted by molar-refractivity contribution is -0.143. The lowest BCUT2D eigenvalue weighted by Crippen LogP contribution is -2.38. The van der Waals surface area contributed by atoms with Crippen LogP contribution in [0.1, 0.15) is 12.0 Å². The zero-order chi connectivity index (χ0) is 10.9. The average molecular weight is 205 g/mol. The molecular weight excluding hydrogens is 190 g/mol. The molecule has 0 saturated carbocycles. The van der Waals surface area contributed by atoms with Crippen LogP contribution in [0.5, 0.6) is 0 Å². The number of likely N-dealkylation sites (tertiary alicyclic amines) is 1. The lowest BCUT2D eigenvalue weighted by Gasteiger charge is -2.24. The molecule has 3 nitrogen and oxygen atoms in total. The molecule has 1 aromatic rings. The Balaban J connectivity index is 2.41. The molecule has 0 spiro atoms. The van der Waals surface area contributed by atoms with E-state index < -0.39 is 11.4 Å². The average Bonchev–Trinajstić information content (AvgIpc) is 2.63. The number of carboxylic acids is 1. The van der Waals surface area contributed by atoms with Gasteiger partial charge in [-0.1, -0.05) is 30.3 Å². The molecule has 3 heteroatoms. The largest absolute Gasteiger partial charge is 0.481 e. The van der Waals surface area contributed by atoms with Crippen LogP contribution in [0.15, 0.2) is 30.3 Å². The molecule has 1 aromatic carbocycles. The quantitative estimate of drug-likeness (QED) is 0.792. The zero-order valence-corrected chi connectivity index (χ0v) is 8.81. The van der Waals surface area contributed by atoms with Crippen LogP contribution in [0.3, 0.4) is 0 Å². The van der Waals surface area contributed by atoms with Gasteiger partial charge >= 0.3 is 5.97 Å². The first-order chi connectivity index (χ1) is 7.15. The Morgan fingerprint density at radius 1 is 1.40 bits per heavy atom. The highest BCUT2D eigenvalue weighted by Gasteiger charge is 2.45. The van der Waals surface area contributed by atoms with E-state index in [0.717, 1.165) is 12.1 Å². The van der Waals surface area contributed by atoms with Gasteiger partial charge in [0.2, 0.25) is 0 Å². The van der Waals surface area contributed by atoms with Crippen LogP contribution >= 0.6 is 0 Å². The van der Waals surface area contributed by atoms with Crippen LogP contribution in [0.2, 0.25) is 0 Å². The van der Waals surface area contributed by atoms with E-state index in [2.05, 4.69) is 4.90 Å². The number of rotatable bonds is 2. The van der Waals surface area contributed by atoms with Gasteiger partial charge in [0.25, 0.3) is 0 Å². The van der Waals surface area contributed by atoms with Gasteiger partial charge in [-0.2, -0.15) is 0 Å². The smallest absolute Gasteiger partial charge is 0.315 e. The van der Waals surface area contributed by atoms with Crippen molar-refractivity contribution >= 4 is 5.97 Å². The fourth-order valence-electron chi connectivity index (χ4n) is 2.29. The van der Waals surface area contributed by atoms with Gasteiger partial charge in [-0.25, -0.2) is 0 Å². The van der Waals surface area contributed by atoms with E-state index in [1.165, 1.54) is 0 Å². The van der Waals surface area contributed by atoms with Gasteiger partial charge in [-0.15, -0.1) is 0 Å². The van der Waals surface area contributed by atoms with Gasteiger partial charge in [-0.05, 0) is 25.6 Å². The molecule has 2 rings (SSSR count). The van der Waals surface area contributed by atoms with Crippen LogP contribution < -0.4 is 0 Å². The summed E-state index contributed by atoms with van der Waals surface area (Å²) in [6.45, 7) is 1.45. The molecule has 0 radical (unpaired) electrons. The molecule has 1 saturated heterocycles. The lowest BCUT2D eigenvalue weighted by atomic mass is 9.80. The van der Waals surface area contributed by atoms with Crippen LogP contribution in [0, 0.1) is 0 Å². The minimum atomic E-state index is -0.710. The highest BCUT2D eigenvalue weighted by atomic mass is 16.4. The van der Waals surface area contributed by atoms with Crippen molar-refractivity contribution in [3.8, 4) is 0 Å². The fourth-order valence-corrected chi connectivity index (χ4v) is 2.29. The third-order valence-electron chi connectivity index (χ3n) is 3.20. The first-order valence-corrected chi connectivity index (χ1v) is 5.13. The summed E-state index contributed by atoms with van der Waals surface area (Å²) in [5.41, 5.74) is 0.220. The molecule has 0 aromatic heterocycles. The summed E-state index contributed by atoms with van der Waals surface area (Å²) >= 11 is 0. The fraction of sp³-hybridized carbons (Fsp3) is 0.417. The number of likely N-dealkylation sites (N-methyl/N-ethyl adjacent to an activating group) is 1. The number of benzene rings is 1. The van der Waals surface area contributed by atoms with Crippen LogP contribution in [0.4, 0.5) is 0 Å². The van der Waals surface area contributed by atoms with Crippen LogP contribution in [0.25, 0.3) is 0 Å². The Labute approximate surface area is 89.3 Å². The van der Waals surface area contributed by atoms with Crippen molar-refractivity contribution in [2.24, 2.45) is 0 Å². The van der Waals surface area contributed by atoms with Gasteiger partial charge in [0, 0.05) is 6.54 Å². The third kappa shape index (κ3) is 1.63. The normalized spacial score (nSPS) is 26.7. The summed E-state index contributed by atoms with van der Waals surface area (Å²) in [6.07, 6.45) is 0.697. The molecule has 1 atom stereocenters. The predicted octanol–water partition coefficient (Wildman–Crippen LogP) is 1.34. The SMILES string of the molecule is CN1CCC(C(=O)O)(c2ccccc2)C1. The summed E-state index contributed by atoms with van der Waals surface area (Å²) in [5, 5.41) is 9.41. The Bertz CT molecular complexity index is 363. The summed E-state index contributed by atoms with van der Waals surface area (Å²) in [5.74, 6) is -0.710. The zero-order valence-electron chi connectivity index (χ0n) is 8.81. The minimum Gasteiger partial charge on any atom is -0.481 e. The second-order valence-corrected chi connectivity index (χ2v) is 4.24. The molecular formula is C12H15NO2. The van der Waals surface area contributed by atoms with Crippen molar-refractivity contribution < 1.29 is 9.90 Å². The van der Waals surface area contributed by atoms with Gasteiger partial charge in [0.15, 0.2) is 0 Å². The number of hydrogen-bond acceptors (Lipinski definition) is 2. The Morgan fingerprint density at radius 2 is 2.07 bits per heavy atom. The maximum atomic E-state index is 11.4. The molecule has 0 amide bonds. The van der Waals surface area contributed by atoms with E-state index in [0.29, 0.717) is 13.0 Å². The van der Waals surface area contributed by atoms with Gasteiger partial charge in [-0.3, -0.25) is 4.79 Å². The Hall–Kier alpha value is -1.35. The molecule has 15 heavy (non-hydrogen) atoms. The minimum absolute atomic E-state index is 0.604. The van der Waals surface area contributed by atoms with E-state index in [9.17, 15) is 9.90 Å². The van der Waals surface area contributed by atoms with Gasteiger partial charge in [0.1, 0.15) is 5.41 Å². The van der Waals surface area contributed by atoms with Gasteiger partial charge in [0.05, 0.1) is 0 Å². The van der Waals surface area contributed by atoms with Crippen molar-refractivity contribution in [3.63, 3.8) is 0 Å². The predicted molar refractivity (Wildman–Crippen MR) is 57.9 cm³/mol. The maximum absolute atomic E-state index is 11.4. The molecule has 1 N–H and O–H groups in total. The van der Waals surface area contributed by atoms with E-state index in [-0.39, 0.29) is 0 Å². The number of nitrogens with zero attached hydrogens (tertiary/aromatic N) is 1. The highest BCUT2D eigenvalue weighted by Crippen LogP contribution is 2.34. The van der Waals surface area contributed by atoms with E-state index in [1.807, 2.05) is 37.4 Å². The monoisotopic (exact) mass is 205 g/mol. The molecule has 1 heterocycles. The first kappa shape index (κ1) is 10.2. The highest BCUT2D eigenvalue weighted by molar-refractivity contribution is 5.82. The number of hydrogen-bond donors (Lipinski definition) is 1. The number of carboxylic acid groups (broad SMARTS) is 1. The molecule has 1 unspecified atom stereocenters. The third-order valence-corrected chi connectivity index (χ3v) is 3.20. The van der Waals surface area contributed by atoms with Crippen molar-refractivity contribution in [1.29, 1.82) is 0 Å².